The van der Waals surface area contributed by atoms with E-state index < -0.39 is 14.4 Å². The molecule has 0 spiro atoms. The summed E-state index contributed by atoms with van der Waals surface area (Å²) in [4.78, 5) is 0. The second-order valence-corrected chi connectivity index (χ2v) is 6.51. The molecule has 0 aromatic heterocycles. The maximum Gasteiger partial charge on any atom is 0.373 e. The van der Waals surface area contributed by atoms with E-state index in [0.29, 0.717) is 4.28 Å². The molecule has 0 atom stereocenters. The summed E-state index contributed by atoms with van der Waals surface area (Å²) in [5, 5.41) is 0. The predicted octanol–water partition coefficient (Wildman–Crippen LogP) is 0.991. The van der Waals surface area contributed by atoms with Crippen molar-refractivity contribution < 1.29 is 0 Å². The molecular weight excluding hydrogens is 101 g/mol. The zero-order valence-electron chi connectivity index (χ0n) is 5.28. The van der Waals surface area contributed by atoms with Crippen molar-refractivity contribution in [2.24, 2.45) is 0 Å². The number of hydrogen-bond acceptors (Lipinski definition) is 1. The molecule has 1 saturated heterocycles. The van der Waals surface area contributed by atoms with Crippen LogP contribution in [0.5, 0.6) is 0 Å². The lowest BCUT2D eigenvalue weighted by Gasteiger charge is -2.39. The summed E-state index contributed by atoms with van der Waals surface area (Å²) in [6.07, 6.45) is 0. The van der Waals surface area contributed by atoms with E-state index in [1.165, 1.54) is 6.54 Å². The third-order valence-corrected chi connectivity index (χ3v) is 5.40. The van der Waals surface area contributed by atoms with Crippen molar-refractivity contribution in [3.63, 3.8) is 0 Å². The summed E-state index contributed by atoms with van der Waals surface area (Å²) in [6, 6.07) is 0. The molecule has 2 heteroatoms. The smallest absolute Gasteiger partial charge is 0.373 e. The van der Waals surface area contributed by atoms with Crippen molar-refractivity contribution in [3.8, 4) is 0 Å². The van der Waals surface area contributed by atoms with E-state index in [1.807, 2.05) is 0 Å². The van der Waals surface area contributed by atoms with E-state index in [-0.39, 0.29) is 0 Å². The summed E-state index contributed by atoms with van der Waals surface area (Å²) in [6.45, 7) is 5.95. The fraction of sp³-hybridized carbons (Fsp3) is 1.00. The number of nitrogens with one attached hydrogen (secondary N) is 1. The van der Waals surface area contributed by atoms with Crippen LogP contribution in [0.3, 0.4) is 0 Å². The van der Waals surface area contributed by atoms with Gasteiger partial charge in [0.25, 0.3) is 0 Å². The minimum atomic E-state index is -0.428. The van der Waals surface area contributed by atoms with Gasteiger partial charge in [-0.05, 0) is 6.54 Å². The quantitative estimate of drug-likeness (QED) is 0.462. The van der Waals surface area contributed by atoms with Crippen molar-refractivity contribution in [2.45, 2.75) is 23.9 Å². The molecule has 40 valence electrons. The molecule has 0 unspecified atom stereocenters. The largest absolute Gasteiger partial charge is 0.399 e. The lowest BCUT2D eigenvalue weighted by molar-refractivity contribution is 0.548. The highest BCUT2D eigenvalue weighted by Crippen LogP contribution is 2.32. The average Bonchev–Trinajstić information content (AvgIpc) is 1.63. The third kappa shape index (κ3) is 0.840. The molecule has 0 aliphatic carbocycles. The third-order valence-electron chi connectivity index (χ3n) is 2.04. The normalized spacial score (nSPS) is 27.0. The molecule has 1 fully saturated rings. The Balaban J connectivity index is 2.43. The lowest BCUT2D eigenvalue weighted by atomic mass is 10.2. The van der Waals surface area contributed by atoms with Gasteiger partial charge in [0.05, 0.1) is 0 Å². The van der Waals surface area contributed by atoms with Crippen LogP contribution in [0, 0.1) is 0 Å². The van der Waals surface area contributed by atoms with Crippen LogP contribution < -0.4 is 4.30 Å². The molecule has 0 aromatic rings. The first-order chi connectivity index (χ1) is 3.13. The molecule has 0 aromatic carbocycles. The summed E-state index contributed by atoms with van der Waals surface area (Å²) in [5.41, 5.74) is 0. The van der Waals surface area contributed by atoms with Gasteiger partial charge in [0.2, 0.25) is 0 Å². The molecule has 0 saturated carbocycles. The van der Waals surface area contributed by atoms with E-state index in [0.717, 1.165) is 0 Å². The molecule has 1 N–H and O–H groups in total. The van der Waals surface area contributed by atoms with Gasteiger partial charge in [-0.2, -0.15) is 0 Å². The average molecular weight is 113 g/mol. The fourth-order valence-corrected chi connectivity index (χ4v) is 2.14. The Morgan fingerprint density at radius 3 is 2.00 bits per heavy atom. The molecule has 0 bridgehead atoms. The summed E-state index contributed by atoms with van der Waals surface area (Å²) < 4.78 is 4.15. The first kappa shape index (κ1) is 5.63. The van der Waals surface area contributed by atoms with Crippen LogP contribution in [0.25, 0.3) is 0 Å². The number of rotatable bonds is 0. The molecule has 1 heterocycles. The Bertz CT molecular complexity index is 80.1. The van der Waals surface area contributed by atoms with Gasteiger partial charge in [0.15, 0.2) is 0 Å². The van der Waals surface area contributed by atoms with Crippen LogP contribution in [-0.4, -0.2) is 20.9 Å². The highest BCUT2D eigenvalue weighted by Gasteiger charge is 2.40. The second-order valence-electron chi connectivity index (χ2n) is 3.09. The zero-order valence-corrected chi connectivity index (χ0v) is 6.44. The van der Waals surface area contributed by atoms with Crippen LogP contribution in [0.2, 0.25) is 10.1 Å². The summed E-state index contributed by atoms with van der Waals surface area (Å²) in [7, 11) is 0. The highest BCUT2D eigenvalue weighted by atomic mass is 27.2. The standard InChI is InChI=1S/C4H9N.CH3.Al/c1-4(2)3-5;;/h5H,3H2,1-2H3;1H3;/q-1;;+1. The van der Waals surface area contributed by atoms with Crippen molar-refractivity contribution in [3.05, 3.63) is 0 Å². The monoisotopic (exact) mass is 113 g/mol. The lowest BCUT2D eigenvalue weighted by Crippen LogP contribution is -2.56. The van der Waals surface area contributed by atoms with Crippen molar-refractivity contribution in [1.29, 1.82) is 0 Å². The van der Waals surface area contributed by atoms with Gasteiger partial charge in [-0.25, -0.2) is 0 Å². The van der Waals surface area contributed by atoms with E-state index in [4.69, 9.17) is 0 Å². The maximum atomic E-state index is 3.44. The Labute approximate surface area is 49.7 Å². The van der Waals surface area contributed by atoms with Crippen molar-refractivity contribution in [1.82, 2.24) is 4.30 Å². The Hall–Kier alpha value is 0.492. The summed E-state index contributed by atoms with van der Waals surface area (Å²) >= 11 is -0.428. The Morgan fingerprint density at radius 1 is 1.57 bits per heavy atom. The van der Waals surface area contributed by atoms with Gasteiger partial charge in [-0.15, -0.1) is 0 Å². The van der Waals surface area contributed by atoms with E-state index >= 15 is 0 Å². The van der Waals surface area contributed by atoms with Crippen LogP contribution in [0.1, 0.15) is 13.8 Å². The van der Waals surface area contributed by atoms with Gasteiger partial charge in [-0.1, -0.05) is 23.9 Å². The predicted molar refractivity (Wildman–Crippen MR) is 33.7 cm³/mol. The van der Waals surface area contributed by atoms with Crippen LogP contribution in [-0.2, 0) is 0 Å². The summed E-state index contributed by atoms with van der Waals surface area (Å²) in [5.74, 6) is 2.36. The van der Waals surface area contributed by atoms with E-state index in [2.05, 4.69) is 23.9 Å². The Morgan fingerprint density at radius 2 is 2.00 bits per heavy atom. The van der Waals surface area contributed by atoms with Crippen molar-refractivity contribution >= 4 is 14.4 Å². The molecular formula is C5H12AlN. The highest BCUT2D eigenvalue weighted by molar-refractivity contribution is 6.61. The van der Waals surface area contributed by atoms with Gasteiger partial charge in [0.1, 0.15) is 0 Å². The molecule has 1 aliphatic heterocycles. The van der Waals surface area contributed by atoms with Gasteiger partial charge >= 0.3 is 14.4 Å². The Kier molecular flexibility index (Phi) is 1.19. The molecule has 0 radical (unpaired) electrons. The molecule has 7 heavy (non-hydrogen) atoms. The molecule has 1 aliphatic rings. The minimum absolute atomic E-state index is 0.428. The van der Waals surface area contributed by atoms with E-state index in [9.17, 15) is 0 Å². The van der Waals surface area contributed by atoms with Crippen LogP contribution in [0.15, 0.2) is 0 Å². The van der Waals surface area contributed by atoms with Crippen LogP contribution in [0.4, 0.5) is 0 Å². The molecule has 0 amide bonds. The first-order valence-electron chi connectivity index (χ1n) is 2.86. The minimum Gasteiger partial charge on any atom is -0.399 e. The maximum absolute atomic E-state index is 3.44. The zero-order chi connectivity index (χ0) is 5.49. The SMILES string of the molecule is [CH3][Al]1[NH]C[C]1(C)C. The van der Waals surface area contributed by atoms with E-state index in [1.54, 1.807) is 0 Å². The first-order valence-corrected chi connectivity index (χ1v) is 5.17. The topological polar surface area (TPSA) is 12.0 Å². The number of hydrogen-bond donors (Lipinski definition) is 1. The van der Waals surface area contributed by atoms with Gasteiger partial charge < -0.3 is 4.30 Å². The van der Waals surface area contributed by atoms with Crippen molar-refractivity contribution in [2.75, 3.05) is 6.54 Å². The molecule has 1 rings (SSSR count). The van der Waals surface area contributed by atoms with Gasteiger partial charge in [0, 0.05) is 0 Å². The van der Waals surface area contributed by atoms with Crippen LogP contribution >= 0.6 is 0 Å². The molecule has 1 nitrogen and oxygen atoms in total. The second kappa shape index (κ2) is 1.48. The fourth-order valence-electron chi connectivity index (χ4n) is 0.714. The van der Waals surface area contributed by atoms with Gasteiger partial charge in [-0.3, -0.25) is 0 Å².